The molecule has 0 saturated heterocycles. The number of nitrogens with zero attached hydrogens (tertiary/aromatic N) is 3. The summed E-state index contributed by atoms with van der Waals surface area (Å²) < 4.78 is 2.25. The van der Waals surface area contributed by atoms with Gasteiger partial charge >= 0.3 is 0 Å². The smallest absolute Gasteiger partial charge is 0.149 e. The second-order valence-corrected chi connectivity index (χ2v) is 17.8. The minimum atomic E-state index is -0.294. The molecule has 64 heavy (non-hydrogen) atoms. The lowest BCUT2D eigenvalue weighted by atomic mass is 9.84. The number of benzene rings is 8. The van der Waals surface area contributed by atoms with Crippen molar-refractivity contribution in [3.05, 3.63) is 217 Å². The van der Waals surface area contributed by atoms with Crippen molar-refractivity contribution in [2.75, 3.05) is 0 Å². The Morgan fingerprint density at radius 2 is 1.02 bits per heavy atom. The molecule has 2 aromatic heterocycles. The lowest BCUT2D eigenvalue weighted by Crippen LogP contribution is -2.12. The normalized spacial score (nSPS) is 11.6. The molecule has 2 heterocycles. The van der Waals surface area contributed by atoms with E-state index in [1.165, 1.54) is 11.1 Å². The Hall–Kier alpha value is -7.82. The third kappa shape index (κ3) is 7.69. The number of rotatable bonds is 8. The Bertz CT molecular complexity index is 3310. The monoisotopic (exact) mass is 827 g/mol. The first-order valence-corrected chi connectivity index (χ1v) is 21.9. The van der Waals surface area contributed by atoms with Gasteiger partial charge in [0, 0.05) is 28.5 Å². The van der Waals surface area contributed by atoms with Gasteiger partial charge in [-0.05, 0) is 124 Å². The van der Waals surface area contributed by atoms with Crippen LogP contribution in [0.25, 0.3) is 95.0 Å². The van der Waals surface area contributed by atoms with E-state index in [1.807, 2.05) is 12.3 Å². The Labute approximate surface area is 375 Å². The van der Waals surface area contributed by atoms with Crippen molar-refractivity contribution in [2.45, 2.75) is 40.0 Å². The zero-order valence-electron chi connectivity index (χ0n) is 36.8. The van der Waals surface area contributed by atoms with Crippen LogP contribution in [0.1, 0.15) is 37.5 Å². The van der Waals surface area contributed by atoms with Crippen LogP contribution in [0.5, 0.6) is 5.75 Å². The maximum Gasteiger partial charge on any atom is 0.149 e. The highest BCUT2D eigenvalue weighted by Gasteiger charge is 2.27. The largest absolute Gasteiger partial charge is 0.507 e. The van der Waals surface area contributed by atoms with Gasteiger partial charge in [-0.2, -0.15) is 0 Å². The molecule has 8 aromatic carbocycles. The molecule has 0 radical (unpaired) electrons. The maximum absolute atomic E-state index is 12.3. The van der Waals surface area contributed by atoms with E-state index in [-0.39, 0.29) is 11.2 Å². The molecular formula is C60H49N3O. The summed E-state index contributed by atoms with van der Waals surface area (Å²) in [5, 5.41) is 12.3. The topological polar surface area (TPSA) is 50.9 Å². The van der Waals surface area contributed by atoms with Crippen LogP contribution >= 0.6 is 0 Å². The van der Waals surface area contributed by atoms with E-state index in [0.717, 1.165) is 89.2 Å². The van der Waals surface area contributed by atoms with Gasteiger partial charge in [-0.25, -0.2) is 4.98 Å². The number of hydrogen-bond acceptors (Lipinski definition) is 3. The van der Waals surface area contributed by atoms with Gasteiger partial charge in [0.25, 0.3) is 0 Å². The SMILES string of the molecule is Cc1ccc(-n2c(-c3cc(C)cc(C(C)(C)C)c3O)nc3c(-c4cc(-c5ccccc5)cc(-c5cc(-c6ccc(-c7ccccc7)cc6)ccn5)c4)cccc32)c(-c2ccccc2)c1. The lowest BCUT2D eigenvalue weighted by molar-refractivity contribution is 0.448. The van der Waals surface area contributed by atoms with Gasteiger partial charge in [0.2, 0.25) is 0 Å². The molecule has 4 nitrogen and oxygen atoms in total. The van der Waals surface area contributed by atoms with E-state index in [9.17, 15) is 5.11 Å². The minimum absolute atomic E-state index is 0.249. The Kier molecular flexibility index (Phi) is 10.4. The van der Waals surface area contributed by atoms with Gasteiger partial charge in [0.15, 0.2) is 0 Å². The molecule has 0 bridgehead atoms. The van der Waals surface area contributed by atoms with Crippen molar-refractivity contribution in [1.29, 1.82) is 0 Å². The van der Waals surface area contributed by atoms with Gasteiger partial charge in [-0.3, -0.25) is 9.55 Å². The second kappa shape index (κ2) is 16.5. The van der Waals surface area contributed by atoms with Crippen LogP contribution in [-0.2, 0) is 5.41 Å². The Morgan fingerprint density at radius 1 is 0.438 bits per heavy atom. The standard InChI is InChI=1S/C60H49N3O/c1-39-24-29-55(51(32-39)45-20-13-8-14-21-45)63-56-23-15-22-50(57(56)62-59(63)52-33-40(2)34-53(58(52)64)60(3,4)5)48-35-47(42-18-11-7-12-19-42)36-49(37-48)54-38-46(30-31-61-54)44-27-25-43(26-28-44)41-16-9-6-10-17-41/h6-38,64H,1-5H3. The maximum atomic E-state index is 12.3. The number of aromatic nitrogens is 3. The van der Waals surface area contributed by atoms with Gasteiger partial charge < -0.3 is 5.11 Å². The molecule has 10 aromatic rings. The molecule has 1 N–H and O–H groups in total. The molecule has 310 valence electrons. The van der Waals surface area contributed by atoms with Crippen LogP contribution in [0.4, 0.5) is 0 Å². The molecule has 0 fully saturated rings. The Morgan fingerprint density at radius 3 is 1.69 bits per heavy atom. The van der Waals surface area contributed by atoms with Crippen LogP contribution in [0.2, 0.25) is 0 Å². The van der Waals surface area contributed by atoms with Crippen LogP contribution < -0.4 is 0 Å². The summed E-state index contributed by atoms with van der Waals surface area (Å²) >= 11 is 0. The van der Waals surface area contributed by atoms with Crippen LogP contribution in [0.15, 0.2) is 200 Å². The zero-order valence-corrected chi connectivity index (χ0v) is 36.8. The van der Waals surface area contributed by atoms with E-state index in [2.05, 4.69) is 227 Å². The third-order valence-electron chi connectivity index (χ3n) is 12.2. The molecule has 0 unspecified atom stereocenters. The van der Waals surface area contributed by atoms with Crippen LogP contribution in [0, 0.1) is 13.8 Å². The van der Waals surface area contributed by atoms with Crippen molar-refractivity contribution in [3.8, 4) is 89.7 Å². The number of hydrogen-bond donors (Lipinski definition) is 1. The van der Waals surface area contributed by atoms with Gasteiger partial charge in [-0.1, -0.05) is 166 Å². The first-order chi connectivity index (χ1) is 31.1. The van der Waals surface area contributed by atoms with E-state index < -0.39 is 0 Å². The summed E-state index contributed by atoms with van der Waals surface area (Å²) in [6.45, 7) is 10.7. The highest BCUT2D eigenvalue weighted by Crippen LogP contribution is 2.44. The number of fused-ring (bicyclic) bond motifs is 1. The number of pyridine rings is 1. The van der Waals surface area contributed by atoms with E-state index in [0.29, 0.717) is 11.4 Å². The quantitative estimate of drug-likeness (QED) is 0.166. The predicted octanol–water partition coefficient (Wildman–Crippen LogP) is 15.7. The molecule has 0 amide bonds. The minimum Gasteiger partial charge on any atom is -0.507 e. The van der Waals surface area contributed by atoms with Crippen molar-refractivity contribution >= 4 is 11.0 Å². The summed E-state index contributed by atoms with van der Waals surface area (Å²) in [6, 6.07) is 68.5. The molecule has 0 atom stereocenters. The fourth-order valence-electron chi connectivity index (χ4n) is 8.95. The number of para-hydroxylation sites is 1. The van der Waals surface area contributed by atoms with E-state index in [1.54, 1.807) is 0 Å². The number of aromatic hydroxyl groups is 1. The summed E-state index contributed by atoms with van der Waals surface area (Å²) in [6.07, 6.45) is 1.91. The fourth-order valence-corrected chi connectivity index (χ4v) is 8.95. The Balaban J connectivity index is 1.19. The summed E-state index contributed by atoms with van der Waals surface area (Å²) in [7, 11) is 0. The highest BCUT2D eigenvalue weighted by molar-refractivity contribution is 5.98. The number of phenols is 1. The third-order valence-corrected chi connectivity index (χ3v) is 12.2. The van der Waals surface area contributed by atoms with E-state index in [4.69, 9.17) is 9.97 Å². The summed E-state index contributed by atoms with van der Waals surface area (Å²) in [4.78, 5) is 10.6. The average Bonchev–Trinajstić information content (AvgIpc) is 3.72. The molecular weight excluding hydrogens is 779 g/mol. The van der Waals surface area contributed by atoms with Crippen molar-refractivity contribution in [1.82, 2.24) is 14.5 Å². The molecule has 0 aliphatic rings. The second-order valence-electron chi connectivity index (χ2n) is 17.8. The number of imidazole rings is 1. The van der Waals surface area contributed by atoms with Crippen molar-refractivity contribution < 1.29 is 5.11 Å². The molecule has 0 saturated carbocycles. The van der Waals surface area contributed by atoms with Gasteiger partial charge in [0.05, 0.1) is 28.0 Å². The fraction of sp³-hybridized carbons (Fsp3) is 0.100. The zero-order chi connectivity index (χ0) is 44.0. The number of aryl methyl sites for hydroxylation is 2. The summed E-state index contributed by atoms with van der Waals surface area (Å²) in [5.74, 6) is 0.931. The van der Waals surface area contributed by atoms with Crippen LogP contribution in [0.3, 0.4) is 0 Å². The first kappa shape index (κ1) is 40.3. The molecule has 0 aliphatic carbocycles. The molecule has 4 heteroatoms. The highest BCUT2D eigenvalue weighted by atomic mass is 16.3. The summed E-state index contributed by atoms with van der Waals surface area (Å²) in [5.41, 5.74) is 19.2. The lowest BCUT2D eigenvalue weighted by Gasteiger charge is -2.23. The van der Waals surface area contributed by atoms with Crippen molar-refractivity contribution in [3.63, 3.8) is 0 Å². The van der Waals surface area contributed by atoms with E-state index >= 15 is 0 Å². The van der Waals surface area contributed by atoms with Gasteiger partial charge in [-0.15, -0.1) is 0 Å². The first-order valence-electron chi connectivity index (χ1n) is 21.9. The predicted molar refractivity (Wildman–Crippen MR) is 267 cm³/mol. The van der Waals surface area contributed by atoms with Crippen molar-refractivity contribution in [2.24, 2.45) is 0 Å². The molecule has 0 spiro atoms. The van der Waals surface area contributed by atoms with Crippen LogP contribution in [-0.4, -0.2) is 19.6 Å². The van der Waals surface area contributed by atoms with Gasteiger partial charge in [0.1, 0.15) is 11.6 Å². The molecule has 10 rings (SSSR count). The molecule has 0 aliphatic heterocycles. The average molecular weight is 828 g/mol. The number of phenolic OH excluding ortho intramolecular Hbond substituents is 1.